The molecule has 0 bridgehead atoms. The Morgan fingerprint density at radius 2 is 2.12 bits per heavy atom. The molecule has 9 heteroatoms. The molecule has 0 spiro atoms. The zero-order valence-corrected chi connectivity index (χ0v) is 15.0. The van der Waals surface area contributed by atoms with Crippen LogP contribution < -0.4 is 16.4 Å². The number of rotatable bonds is 5. The largest absolute Gasteiger partial charge is 0.334 e. The highest BCUT2D eigenvalue weighted by Crippen LogP contribution is 2.21. The average molecular weight is 366 g/mol. The van der Waals surface area contributed by atoms with Gasteiger partial charge >= 0.3 is 11.1 Å². The smallest absolute Gasteiger partial charge is 0.316 e. The topological polar surface area (TPSA) is 106 Å². The Kier molecular flexibility index (Phi) is 5.76. The Balaban J connectivity index is 0.00000225. The van der Waals surface area contributed by atoms with Crippen LogP contribution >= 0.6 is 12.4 Å². The van der Waals surface area contributed by atoms with Crippen LogP contribution in [0.1, 0.15) is 19.7 Å². The second-order valence-corrected chi connectivity index (χ2v) is 5.65. The van der Waals surface area contributed by atoms with E-state index in [4.69, 9.17) is 4.52 Å². The number of hydrogen-bond donors (Lipinski definition) is 2. The van der Waals surface area contributed by atoms with E-state index in [0.29, 0.717) is 41.3 Å². The number of likely N-dealkylation sites (N-methyl/N-ethyl adjacent to an activating group) is 1. The first kappa shape index (κ1) is 18.9. The molecule has 2 aromatic heterocycles. The second-order valence-electron chi connectivity index (χ2n) is 5.65. The number of hydrogen-bond acceptors (Lipinski definition) is 6. The Morgan fingerprint density at radius 1 is 1.36 bits per heavy atom. The van der Waals surface area contributed by atoms with E-state index >= 15 is 0 Å². The number of H-pyrrole nitrogens is 1. The van der Waals surface area contributed by atoms with Crippen molar-refractivity contribution in [1.82, 2.24) is 25.0 Å². The fraction of sp³-hybridized carbons (Fsp3) is 0.375. The molecule has 25 heavy (non-hydrogen) atoms. The summed E-state index contributed by atoms with van der Waals surface area (Å²) in [5.41, 5.74) is 0.710. The van der Waals surface area contributed by atoms with Crippen molar-refractivity contribution in [2.24, 2.45) is 0 Å². The predicted octanol–water partition coefficient (Wildman–Crippen LogP) is 1.33. The van der Waals surface area contributed by atoms with Gasteiger partial charge in [-0.15, -0.1) is 12.4 Å². The standard InChI is InChI=1S/C16H19N5O3.ClH/c1-4-21-12-6-5-10(8-11(12)18-14(22)16(21)23)15-19-13(20-24-15)7-9(2)17-3;/h5-6,8-9,17H,4,7H2,1-3H3,(H,18,22);1H. The Hall–Kier alpha value is -2.45. The van der Waals surface area contributed by atoms with E-state index < -0.39 is 11.1 Å². The van der Waals surface area contributed by atoms with Crippen LogP contribution in [0.4, 0.5) is 0 Å². The van der Waals surface area contributed by atoms with Crippen LogP contribution in [0, 0.1) is 0 Å². The number of fused-ring (bicyclic) bond motifs is 1. The first-order chi connectivity index (χ1) is 11.5. The molecular formula is C16H20ClN5O3. The van der Waals surface area contributed by atoms with Gasteiger partial charge in [0.15, 0.2) is 5.82 Å². The lowest BCUT2D eigenvalue weighted by Crippen LogP contribution is -2.35. The molecule has 1 aromatic carbocycles. The molecule has 3 aromatic rings. The van der Waals surface area contributed by atoms with Crippen LogP contribution in [-0.4, -0.2) is 32.8 Å². The lowest BCUT2D eigenvalue weighted by Gasteiger charge is -2.07. The molecule has 0 saturated heterocycles. The van der Waals surface area contributed by atoms with Crippen LogP contribution in [0.15, 0.2) is 32.3 Å². The molecule has 0 aliphatic rings. The van der Waals surface area contributed by atoms with Crippen molar-refractivity contribution < 1.29 is 4.52 Å². The van der Waals surface area contributed by atoms with Gasteiger partial charge in [0, 0.05) is 24.6 Å². The van der Waals surface area contributed by atoms with Crippen LogP contribution in [0.25, 0.3) is 22.5 Å². The highest BCUT2D eigenvalue weighted by molar-refractivity contribution is 5.85. The minimum atomic E-state index is -0.643. The normalized spacial score (nSPS) is 12.1. The highest BCUT2D eigenvalue weighted by atomic mass is 35.5. The number of halogens is 1. The highest BCUT2D eigenvalue weighted by Gasteiger charge is 2.13. The zero-order valence-electron chi connectivity index (χ0n) is 14.2. The van der Waals surface area contributed by atoms with Gasteiger partial charge in [-0.1, -0.05) is 5.16 Å². The number of nitrogens with one attached hydrogen (secondary N) is 2. The van der Waals surface area contributed by atoms with Gasteiger partial charge in [-0.05, 0) is 39.1 Å². The quantitative estimate of drug-likeness (QED) is 0.661. The summed E-state index contributed by atoms with van der Waals surface area (Å²) in [5.74, 6) is 0.990. The molecule has 0 radical (unpaired) electrons. The van der Waals surface area contributed by atoms with E-state index in [2.05, 4.69) is 20.4 Å². The molecule has 3 rings (SSSR count). The first-order valence-electron chi connectivity index (χ1n) is 7.80. The van der Waals surface area contributed by atoms with Crippen molar-refractivity contribution in [3.05, 3.63) is 44.7 Å². The van der Waals surface area contributed by atoms with Gasteiger partial charge in [-0.2, -0.15) is 4.98 Å². The summed E-state index contributed by atoms with van der Waals surface area (Å²) < 4.78 is 6.74. The summed E-state index contributed by atoms with van der Waals surface area (Å²) in [5, 5.41) is 7.09. The molecular weight excluding hydrogens is 346 g/mol. The van der Waals surface area contributed by atoms with Crippen molar-refractivity contribution in [3.8, 4) is 11.5 Å². The maximum atomic E-state index is 11.9. The average Bonchev–Trinajstić information content (AvgIpc) is 3.04. The lowest BCUT2D eigenvalue weighted by atomic mass is 10.2. The third kappa shape index (κ3) is 3.64. The monoisotopic (exact) mass is 365 g/mol. The van der Waals surface area contributed by atoms with Gasteiger partial charge in [0.1, 0.15) is 0 Å². The fourth-order valence-electron chi connectivity index (χ4n) is 2.56. The lowest BCUT2D eigenvalue weighted by molar-refractivity contribution is 0.418. The van der Waals surface area contributed by atoms with E-state index in [-0.39, 0.29) is 18.4 Å². The van der Waals surface area contributed by atoms with E-state index in [9.17, 15) is 9.59 Å². The summed E-state index contributed by atoms with van der Waals surface area (Å²) >= 11 is 0. The van der Waals surface area contributed by atoms with Crippen molar-refractivity contribution in [3.63, 3.8) is 0 Å². The molecule has 8 nitrogen and oxygen atoms in total. The molecule has 0 saturated carbocycles. The first-order valence-corrected chi connectivity index (χ1v) is 7.80. The van der Waals surface area contributed by atoms with E-state index in [1.807, 2.05) is 20.9 Å². The molecule has 2 N–H and O–H groups in total. The number of benzene rings is 1. The number of nitrogens with zero attached hydrogens (tertiary/aromatic N) is 3. The van der Waals surface area contributed by atoms with Crippen molar-refractivity contribution in [2.75, 3.05) is 7.05 Å². The third-order valence-corrected chi connectivity index (χ3v) is 3.99. The molecule has 1 unspecified atom stereocenters. The summed E-state index contributed by atoms with van der Waals surface area (Å²) in [4.78, 5) is 30.6. The number of aromatic amines is 1. The van der Waals surface area contributed by atoms with Crippen LogP contribution in [0.2, 0.25) is 0 Å². The summed E-state index contributed by atoms with van der Waals surface area (Å²) in [6.07, 6.45) is 0.653. The third-order valence-electron chi connectivity index (χ3n) is 3.99. The molecule has 0 fully saturated rings. The SMILES string of the molecule is CCn1c(=O)c(=O)[nH]c2cc(-c3nc(CC(C)NC)no3)ccc21.Cl. The fourth-order valence-corrected chi connectivity index (χ4v) is 2.56. The zero-order chi connectivity index (χ0) is 17.3. The summed E-state index contributed by atoms with van der Waals surface area (Å²) in [6, 6.07) is 5.54. The van der Waals surface area contributed by atoms with Crippen LogP contribution in [-0.2, 0) is 13.0 Å². The van der Waals surface area contributed by atoms with Gasteiger partial charge in [-0.25, -0.2) is 0 Å². The summed E-state index contributed by atoms with van der Waals surface area (Å²) in [6.45, 7) is 4.27. The molecule has 134 valence electrons. The van der Waals surface area contributed by atoms with Gasteiger partial charge in [0.05, 0.1) is 11.0 Å². The van der Waals surface area contributed by atoms with Crippen LogP contribution in [0.5, 0.6) is 0 Å². The van der Waals surface area contributed by atoms with Gasteiger partial charge in [0.2, 0.25) is 0 Å². The molecule has 0 aliphatic carbocycles. The van der Waals surface area contributed by atoms with E-state index in [0.717, 1.165) is 0 Å². The van der Waals surface area contributed by atoms with Crippen molar-refractivity contribution in [2.45, 2.75) is 32.9 Å². The molecule has 0 amide bonds. The van der Waals surface area contributed by atoms with Crippen molar-refractivity contribution in [1.29, 1.82) is 0 Å². The van der Waals surface area contributed by atoms with Gasteiger partial charge in [-0.3, -0.25) is 9.59 Å². The molecule has 1 atom stereocenters. The maximum Gasteiger partial charge on any atom is 0.316 e. The Morgan fingerprint density at radius 3 is 2.80 bits per heavy atom. The van der Waals surface area contributed by atoms with Gasteiger partial charge in [0.25, 0.3) is 5.89 Å². The predicted molar refractivity (Wildman–Crippen MR) is 97.3 cm³/mol. The van der Waals surface area contributed by atoms with Gasteiger partial charge < -0.3 is 19.4 Å². The summed E-state index contributed by atoms with van der Waals surface area (Å²) in [7, 11) is 1.87. The number of aromatic nitrogens is 4. The Bertz CT molecular complexity index is 991. The maximum absolute atomic E-state index is 11.9. The van der Waals surface area contributed by atoms with E-state index in [1.54, 1.807) is 18.2 Å². The molecule has 2 heterocycles. The van der Waals surface area contributed by atoms with Crippen molar-refractivity contribution >= 4 is 23.4 Å². The Labute approximate surface area is 149 Å². The minimum absolute atomic E-state index is 0. The molecule has 0 aliphatic heterocycles. The van der Waals surface area contributed by atoms with E-state index in [1.165, 1.54) is 4.57 Å². The number of aryl methyl sites for hydroxylation is 1. The second kappa shape index (κ2) is 7.62. The minimum Gasteiger partial charge on any atom is -0.334 e. The van der Waals surface area contributed by atoms with Crippen LogP contribution in [0.3, 0.4) is 0 Å².